The van der Waals surface area contributed by atoms with E-state index in [0.29, 0.717) is 55.9 Å². The number of hydrogen-bond acceptors (Lipinski definition) is 6. The molecule has 4 aromatic rings. The number of para-hydroxylation sites is 2. The normalized spacial score (nSPS) is 12.8. The van der Waals surface area contributed by atoms with Gasteiger partial charge >= 0.3 is 0 Å². The van der Waals surface area contributed by atoms with E-state index in [4.69, 9.17) is 37.7 Å². The molecule has 0 saturated heterocycles. The SMILES string of the molecule is C=CC(=O)Nc1ccccc1Nc1cc2c(C3CC3)nc(-c3c(Cl)c(OC)cc(OC)c3Cl)cc2cn1. The Bertz CT molecular complexity index is 1510. The average Bonchev–Trinajstić information content (AvgIpc) is 3.75. The minimum absolute atomic E-state index is 0.292. The molecule has 37 heavy (non-hydrogen) atoms. The standard InChI is InChI=1S/C28H24Cl2N4O3/c1-4-24(35)33-19-8-6-5-7-18(19)32-23-12-17-16(14-31-23)11-20(34-28(17)15-9-10-15)25-26(29)21(36-2)13-22(37-3)27(25)30/h4-8,11-15H,1,9-10H2,2-3H3,(H,31,32)(H,33,35). The lowest BCUT2D eigenvalue weighted by molar-refractivity contribution is -0.111. The number of pyridine rings is 2. The van der Waals surface area contributed by atoms with E-state index in [1.165, 1.54) is 6.08 Å². The van der Waals surface area contributed by atoms with E-state index in [-0.39, 0.29) is 5.91 Å². The molecule has 1 aliphatic rings. The van der Waals surface area contributed by atoms with Gasteiger partial charge in [-0.2, -0.15) is 0 Å². The summed E-state index contributed by atoms with van der Waals surface area (Å²) in [5.41, 5.74) is 3.48. The van der Waals surface area contributed by atoms with E-state index in [1.807, 2.05) is 36.4 Å². The summed E-state index contributed by atoms with van der Waals surface area (Å²) in [5.74, 6) is 1.57. The van der Waals surface area contributed by atoms with E-state index in [0.717, 1.165) is 29.3 Å². The zero-order valence-corrected chi connectivity index (χ0v) is 21.8. The Morgan fingerprint density at radius 1 is 1.05 bits per heavy atom. The lowest BCUT2D eigenvalue weighted by Gasteiger charge is -2.16. The Morgan fingerprint density at radius 3 is 2.35 bits per heavy atom. The van der Waals surface area contributed by atoms with Gasteiger partial charge in [-0.05, 0) is 43.2 Å². The number of benzene rings is 2. The fourth-order valence-corrected chi connectivity index (χ4v) is 4.86. The molecule has 2 N–H and O–H groups in total. The number of nitrogens with one attached hydrogen (secondary N) is 2. The number of nitrogens with zero attached hydrogens (tertiary/aromatic N) is 2. The lowest BCUT2D eigenvalue weighted by atomic mass is 10.0. The highest BCUT2D eigenvalue weighted by Gasteiger charge is 2.29. The molecular formula is C28H24Cl2N4O3. The summed E-state index contributed by atoms with van der Waals surface area (Å²) in [6.45, 7) is 3.51. The molecule has 0 bridgehead atoms. The third kappa shape index (κ3) is 4.92. The van der Waals surface area contributed by atoms with E-state index < -0.39 is 0 Å². The van der Waals surface area contributed by atoms with Crippen LogP contribution in [-0.2, 0) is 4.79 Å². The number of halogens is 2. The molecule has 0 atom stereocenters. The number of anilines is 3. The molecule has 1 amide bonds. The highest BCUT2D eigenvalue weighted by Crippen LogP contribution is 2.48. The smallest absolute Gasteiger partial charge is 0.247 e. The van der Waals surface area contributed by atoms with E-state index in [2.05, 4.69) is 22.2 Å². The van der Waals surface area contributed by atoms with Crippen LogP contribution in [0.25, 0.3) is 22.0 Å². The second-order valence-electron chi connectivity index (χ2n) is 8.61. The van der Waals surface area contributed by atoms with Gasteiger partial charge in [0.05, 0.1) is 47.0 Å². The molecule has 0 radical (unpaired) electrons. The van der Waals surface area contributed by atoms with Crippen molar-refractivity contribution in [2.75, 3.05) is 24.9 Å². The Balaban J connectivity index is 1.60. The van der Waals surface area contributed by atoms with Crippen LogP contribution in [0.15, 0.2) is 61.3 Å². The van der Waals surface area contributed by atoms with E-state index in [9.17, 15) is 4.79 Å². The first-order chi connectivity index (χ1) is 17.9. The van der Waals surface area contributed by atoms with Crippen LogP contribution in [0.3, 0.4) is 0 Å². The second kappa shape index (κ2) is 10.3. The highest BCUT2D eigenvalue weighted by molar-refractivity contribution is 6.41. The average molecular weight is 535 g/mol. The number of fused-ring (bicyclic) bond motifs is 1. The number of amides is 1. The van der Waals surface area contributed by atoms with E-state index >= 15 is 0 Å². The Kier molecular flexibility index (Phi) is 6.91. The summed E-state index contributed by atoms with van der Waals surface area (Å²) in [5, 5.41) is 8.74. The summed E-state index contributed by atoms with van der Waals surface area (Å²) in [6.07, 6.45) is 5.12. The fourth-order valence-electron chi connectivity index (χ4n) is 4.17. The Morgan fingerprint density at radius 2 is 1.73 bits per heavy atom. The quantitative estimate of drug-likeness (QED) is 0.229. The van der Waals surface area contributed by atoms with Gasteiger partial charge in [-0.3, -0.25) is 9.78 Å². The van der Waals surface area contributed by atoms with Crippen molar-refractivity contribution in [3.05, 3.63) is 77.1 Å². The van der Waals surface area contributed by atoms with Crippen LogP contribution >= 0.6 is 23.2 Å². The topological polar surface area (TPSA) is 85.4 Å². The van der Waals surface area contributed by atoms with Crippen LogP contribution in [0, 0.1) is 0 Å². The molecular weight excluding hydrogens is 511 g/mol. The number of carbonyl (C=O) groups is 1. The molecule has 2 aromatic carbocycles. The molecule has 9 heteroatoms. The Hall–Kier alpha value is -3.81. The first-order valence-electron chi connectivity index (χ1n) is 11.6. The summed E-state index contributed by atoms with van der Waals surface area (Å²) in [6, 6.07) is 13.0. The summed E-state index contributed by atoms with van der Waals surface area (Å²) < 4.78 is 10.9. The highest BCUT2D eigenvalue weighted by atomic mass is 35.5. The molecule has 0 spiro atoms. The van der Waals surface area contributed by atoms with Crippen molar-refractivity contribution < 1.29 is 14.3 Å². The minimum Gasteiger partial charge on any atom is -0.495 e. The van der Waals surface area contributed by atoms with E-state index in [1.54, 1.807) is 26.5 Å². The fraction of sp³-hybridized carbons (Fsp3) is 0.179. The van der Waals surface area contributed by atoms with Crippen LogP contribution in [0.5, 0.6) is 11.5 Å². The van der Waals surface area contributed by atoms with Crippen molar-refractivity contribution in [2.45, 2.75) is 18.8 Å². The lowest BCUT2D eigenvalue weighted by Crippen LogP contribution is -2.09. The molecule has 188 valence electrons. The third-order valence-corrected chi connectivity index (χ3v) is 6.92. The number of hydrogen-bond donors (Lipinski definition) is 2. The summed E-state index contributed by atoms with van der Waals surface area (Å²) >= 11 is 13.4. The number of rotatable bonds is 8. The van der Waals surface area contributed by atoms with Crippen molar-refractivity contribution in [3.8, 4) is 22.8 Å². The molecule has 5 rings (SSSR count). The molecule has 1 fully saturated rings. The molecule has 1 aliphatic carbocycles. The number of aromatic nitrogens is 2. The van der Waals surface area contributed by atoms with Crippen LogP contribution < -0.4 is 20.1 Å². The zero-order chi connectivity index (χ0) is 26.1. The van der Waals surface area contributed by atoms with Crippen LogP contribution in [0.4, 0.5) is 17.2 Å². The van der Waals surface area contributed by atoms with Gasteiger partial charge in [0, 0.05) is 34.5 Å². The monoisotopic (exact) mass is 534 g/mol. The Labute approximate surface area is 224 Å². The van der Waals surface area contributed by atoms with Crippen LogP contribution in [0.2, 0.25) is 10.0 Å². The summed E-state index contributed by atoms with van der Waals surface area (Å²) in [4.78, 5) is 21.5. The van der Waals surface area contributed by atoms with Gasteiger partial charge in [-0.25, -0.2) is 4.98 Å². The van der Waals surface area contributed by atoms with Crippen molar-refractivity contribution in [1.29, 1.82) is 0 Å². The first-order valence-corrected chi connectivity index (χ1v) is 12.4. The molecule has 0 unspecified atom stereocenters. The van der Waals surface area contributed by atoms with Crippen molar-refractivity contribution in [3.63, 3.8) is 0 Å². The van der Waals surface area contributed by atoms with Gasteiger partial charge < -0.3 is 20.1 Å². The maximum Gasteiger partial charge on any atom is 0.247 e. The molecule has 0 aliphatic heterocycles. The zero-order valence-electron chi connectivity index (χ0n) is 20.3. The largest absolute Gasteiger partial charge is 0.495 e. The van der Waals surface area contributed by atoms with Crippen molar-refractivity contribution >= 4 is 57.1 Å². The molecule has 2 aromatic heterocycles. The number of carbonyl (C=O) groups excluding carboxylic acids is 1. The first kappa shape index (κ1) is 24.9. The minimum atomic E-state index is -0.292. The maximum atomic E-state index is 11.8. The predicted octanol–water partition coefficient (Wildman–Crippen LogP) is 7.37. The number of ether oxygens (including phenoxy) is 2. The molecule has 2 heterocycles. The maximum absolute atomic E-state index is 11.8. The number of methoxy groups -OCH3 is 2. The molecule has 7 nitrogen and oxygen atoms in total. The predicted molar refractivity (Wildman–Crippen MR) is 149 cm³/mol. The third-order valence-electron chi connectivity index (χ3n) is 6.17. The van der Waals surface area contributed by atoms with Gasteiger partial charge in [-0.15, -0.1) is 0 Å². The van der Waals surface area contributed by atoms with Gasteiger partial charge in [0.2, 0.25) is 5.91 Å². The van der Waals surface area contributed by atoms with Crippen LogP contribution in [-0.4, -0.2) is 30.1 Å². The van der Waals surface area contributed by atoms with Crippen molar-refractivity contribution in [2.24, 2.45) is 0 Å². The second-order valence-corrected chi connectivity index (χ2v) is 9.36. The van der Waals surface area contributed by atoms with Crippen molar-refractivity contribution in [1.82, 2.24) is 9.97 Å². The van der Waals surface area contributed by atoms with Gasteiger partial charge in [0.1, 0.15) is 17.3 Å². The summed E-state index contributed by atoms with van der Waals surface area (Å²) in [7, 11) is 3.09. The van der Waals surface area contributed by atoms with Gasteiger partial charge in [0.15, 0.2) is 0 Å². The van der Waals surface area contributed by atoms with Gasteiger partial charge in [0.25, 0.3) is 0 Å². The van der Waals surface area contributed by atoms with Gasteiger partial charge in [-0.1, -0.05) is 41.9 Å². The van der Waals surface area contributed by atoms with Crippen LogP contribution in [0.1, 0.15) is 24.5 Å². The molecule has 1 saturated carbocycles.